The molecule has 11 heteroatoms. The third kappa shape index (κ3) is 5.97. The van der Waals surface area contributed by atoms with E-state index in [-0.39, 0.29) is 24.0 Å². The van der Waals surface area contributed by atoms with Crippen LogP contribution in [0.3, 0.4) is 0 Å². The Bertz CT molecular complexity index is 738. The number of nitrogens with one attached hydrogen (secondary N) is 4. The van der Waals surface area contributed by atoms with E-state index >= 15 is 0 Å². The summed E-state index contributed by atoms with van der Waals surface area (Å²) in [5, 5.41) is 6.56. The molecule has 158 valence electrons. The van der Waals surface area contributed by atoms with Gasteiger partial charge in [-0.1, -0.05) is 0 Å². The first-order valence-electron chi connectivity index (χ1n) is 10.0. The van der Waals surface area contributed by atoms with Crippen LogP contribution < -0.4 is 25.8 Å². The molecule has 0 amide bonds. The molecule has 6 N–H and O–H groups in total. The van der Waals surface area contributed by atoms with E-state index in [9.17, 15) is 8.42 Å². The van der Waals surface area contributed by atoms with E-state index in [1.54, 1.807) is 0 Å². The molecule has 2 aliphatic carbocycles. The second-order valence-electron chi connectivity index (χ2n) is 8.02. The Morgan fingerprint density at radius 1 is 0.964 bits per heavy atom. The van der Waals surface area contributed by atoms with Crippen molar-refractivity contribution in [2.45, 2.75) is 76.5 Å². The van der Waals surface area contributed by atoms with Gasteiger partial charge in [0, 0.05) is 25.2 Å². The van der Waals surface area contributed by atoms with Gasteiger partial charge in [0.15, 0.2) is 5.82 Å². The minimum absolute atomic E-state index is 0.0653. The quantitative estimate of drug-likeness (QED) is 0.401. The van der Waals surface area contributed by atoms with Crippen molar-refractivity contribution in [2.75, 3.05) is 17.7 Å². The number of hydrogen-bond donors (Lipinski definition) is 5. The van der Waals surface area contributed by atoms with Crippen LogP contribution in [-0.4, -0.2) is 48.5 Å². The van der Waals surface area contributed by atoms with Crippen LogP contribution in [0, 0.1) is 5.92 Å². The van der Waals surface area contributed by atoms with Crippen LogP contribution in [0.2, 0.25) is 0 Å². The van der Waals surface area contributed by atoms with Crippen LogP contribution in [0.15, 0.2) is 0 Å². The minimum Gasteiger partial charge on any atom is -0.352 e. The molecule has 0 bridgehead atoms. The average molecular weight is 413 g/mol. The number of nitrogens with zero attached hydrogens (tertiary/aromatic N) is 3. The standard InChI is InChI=1S/C17H32N8O2S/c1-10(2)20-16-22-15(23-17(24-16)21-12-8-9-12)14(18)11-4-6-13(7-5-11)25-28(26,27)19-3/h10-14,19,25H,4-9,18H2,1-3H3,(H2,20,21,22,23,24). The fraction of sp³-hybridized carbons (Fsp3) is 0.824. The van der Waals surface area contributed by atoms with E-state index < -0.39 is 10.2 Å². The van der Waals surface area contributed by atoms with Crippen molar-refractivity contribution in [3.05, 3.63) is 5.82 Å². The number of nitrogens with two attached hydrogens (primary N) is 1. The second-order valence-corrected chi connectivity index (χ2v) is 9.67. The summed E-state index contributed by atoms with van der Waals surface area (Å²) in [6, 6.07) is 0.270. The molecule has 1 aromatic heterocycles. The summed E-state index contributed by atoms with van der Waals surface area (Å²) in [5.74, 6) is 1.90. The zero-order valence-corrected chi connectivity index (χ0v) is 17.6. The van der Waals surface area contributed by atoms with Crippen molar-refractivity contribution in [1.29, 1.82) is 0 Å². The lowest BCUT2D eigenvalue weighted by Crippen LogP contribution is -2.43. The molecule has 1 heterocycles. The molecule has 1 atom stereocenters. The lowest BCUT2D eigenvalue weighted by Gasteiger charge is -2.31. The first kappa shape index (κ1) is 21.2. The van der Waals surface area contributed by atoms with Gasteiger partial charge in [0.05, 0.1) is 6.04 Å². The Morgan fingerprint density at radius 2 is 1.57 bits per heavy atom. The Morgan fingerprint density at radius 3 is 2.14 bits per heavy atom. The summed E-state index contributed by atoms with van der Waals surface area (Å²) >= 11 is 0. The number of aromatic nitrogens is 3. The van der Waals surface area contributed by atoms with E-state index in [0.717, 1.165) is 38.5 Å². The smallest absolute Gasteiger partial charge is 0.276 e. The fourth-order valence-electron chi connectivity index (χ4n) is 3.42. The monoisotopic (exact) mass is 412 g/mol. The van der Waals surface area contributed by atoms with E-state index in [1.807, 2.05) is 13.8 Å². The topological polar surface area (TPSA) is 147 Å². The third-order valence-electron chi connectivity index (χ3n) is 5.15. The molecule has 1 aromatic rings. The number of anilines is 2. The van der Waals surface area contributed by atoms with Gasteiger partial charge in [0.1, 0.15) is 0 Å². The molecule has 10 nitrogen and oxygen atoms in total. The SMILES string of the molecule is CNS(=O)(=O)NC1CCC(C(N)c2nc(NC(C)C)nc(NC3CC3)n2)CC1. The molecule has 2 saturated carbocycles. The highest BCUT2D eigenvalue weighted by Crippen LogP contribution is 2.33. The first-order chi connectivity index (χ1) is 13.3. The Hall–Kier alpha value is -1.56. The predicted molar refractivity (Wildman–Crippen MR) is 109 cm³/mol. The molecule has 28 heavy (non-hydrogen) atoms. The van der Waals surface area contributed by atoms with Crippen molar-refractivity contribution in [3.8, 4) is 0 Å². The summed E-state index contributed by atoms with van der Waals surface area (Å²) in [5.41, 5.74) is 6.52. The minimum atomic E-state index is -3.42. The largest absolute Gasteiger partial charge is 0.352 e. The van der Waals surface area contributed by atoms with Crippen molar-refractivity contribution < 1.29 is 8.42 Å². The highest BCUT2D eigenvalue weighted by molar-refractivity contribution is 7.87. The molecule has 0 saturated heterocycles. The molecule has 2 aliphatic rings. The average Bonchev–Trinajstić information content (AvgIpc) is 3.44. The fourth-order valence-corrected chi connectivity index (χ4v) is 4.22. The maximum absolute atomic E-state index is 11.7. The van der Waals surface area contributed by atoms with Crippen molar-refractivity contribution in [1.82, 2.24) is 24.4 Å². The Labute approximate surface area is 167 Å². The molecule has 0 aliphatic heterocycles. The van der Waals surface area contributed by atoms with Gasteiger partial charge in [-0.2, -0.15) is 28.1 Å². The summed E-state index contributed by atoms with van der Waals surface area (Å²) in [6.07, 6.45) is 5.40. The van der Waals surface area contributed by atoms with E-state index in [1.165, 1.54) is 7.05 Å². The summed E-state index contributed by atoms with van der Waals surface area (Å²) in [4.78, 5) is 13.6. The van der Waals surface area contributed by atoms with Gasteiger partial charge in [-0.25, -0.2) is 4.72 Å². The second kappa shape index (κ2) is 8.85. The van der Waals surface area contributed by atoms with Crippen LogP contribution in [0.1, 0.15) is 64.2 Å². The molecular weight excluding hydrogens is 380 g/mol. The van der Waals surface area contributed by atoms with Gasteiger partial charge in [-0.15, -0.1) is 0 Å². The van der Waals surface area contributed by atoms with Gasteiger partial charge in [-0.3, -0.25) is 0 Å². The molecular formula is C17H32N8O2S. The van der Waals surface area contributed by atoms with Gasteiger partial charge < -0.3 is 16.4 Å². The van der Waals surface area contributed by atoms with Crippen molar-refractivity contribution >= 4 is 22.1 Å². The van der Waals surface area contributed by atoms with Crippen LogP contribution in [0.4, 0.5) is 11.9 Å². The Balaban J connectivity index is 1.66. The summed E-state index contributed by atoms with van der Waals surface area (Å²) < 4.78 is 28.3. The number of hydrogen-bond acceptors (Lipinski definition) is 8. The summed E-state index contributed by atoms with van der Waals surface area (Å²) in [7, 11) is -2.01. The van der Waals surface area contributed by atoms with E-state index in [4.69, 9.17) is 5.73 Å². The van der Waals surface area contributed by atoms with Crippen LogP contribution in [0.25, 0.3) is 0 Å². The normalized spacial score (nSPS) is 24.2. The third-order valence-corrected chi connectivity index (χ3v) is 6.33. The molecule has 0 aromatic carbocycles. The van der Waals surface area contributed by atoms with Gasteiger partial charge in [-0.05, 0) is 58.3 Å². The lowest BCUT2D eigenvalue weighted by molar-refractivity contribution is 0.269. The van der Waals surface area contributed by atoms with Crippen molar-refractivity contribution in [2.24, 2.45) is 11.7 Å². The zero-order valence-electron chi connectivity index (χ0n) is 16.8. The molecule has 0 spiro atoms. The van der Waals surface area contributed by atoms with E-state index in [0.29, 0.717) is 23.8 Å². The molecule has 2 fully saturated rings. The van der Waals surface area contributed by atoms with Gasteiger partial charge in [0.2, 0.25) is 11.9 Å². The predicted octanol–water partition coefficient (Wildman–Crippen LogP) is 0.879. The summed E-state index contributed by atoms with van der Waals surface area (Å²) in [6.45, 7) is 4.07. The molecule has 1 unspecified atom stereocenters. The van der Waals surface area contributed by atoms with E-state index in [2.05, 4.69) is 35.0 Å². The maximum Gasteiger partial charge on any atom is 0.276 e. The highest BCUT2D eigenvalue weighted by atomic mass is 32.2. The molecule has 0 radical (unpaired) electrons. The van der Waals surface area contributed by atoms with Gasteiger partial charge >= 0.3 is 0 Å². The van der Waals surface area contributed by atoms with Crippen LogP contribution >= 0.6 is 0 Å². The lowest BCUT2D eigenvalue weighted by atomic mass is 9.82. The first-order valence-corrected chi connectivity index (χ1v) is 11.5. The zero-order chi connectivity index (χ0) is 20.3. The van der Waals surface area contributed by atoms with Gasteiger partial charge in [0.25, 0.3) is 10.2 Å². The molecule has 3 rings (SSSR count). The van der Waals surface area contributed by atoms with Crippen molar-refractivity contribution in [3.63, 3.8) is 0 Å². The van der Waals surface area contributed by atoms with Crippen LogP contribution in [0.5, 0.6) is 0 Å². The number of rotatable bonds is 9. The highest BCUT2D eigenvalue weighted by Gasteiger charge is 2.30. The van der Waals surface area contributed by atoms with Crippen LogP contribution in [-0.2, 0) is 10.2 Å². The maximum atomic E-state index is 11.7. The Kier molecular flexibility index (Phi) is 6.69.